The van der Waals surface area contributed by atoms with Gasteiger partial charge in [-0.2, -0.15) is 0 Å². The van der Waals surface area contributed by atoms with E-state index < -0.39 is 0 Å². The molecule has 116 valence electrons. The summed E-state index contributed by atoms with van der Waals surface area (Å²) < 4.78 is 0. The number of carbonyl (C=O) groups is 1. The minimum Gasteiger partial charge on any atom is -0.346 e. The van der Waals surface area contributed by atoms with Gasteiger partial charge in [0.1, 0.15) is 0 Å². The van der Waals surface area contributed by atoms with Crippen molar-refractivity contribution >= 4 is 29.8 Å². The highest BCUT2D eigenvalue weighted by Gasteiger charge is 2.34. The molecule has 3 rings (SSSR count). The predicted octanol–water partition coefficient (Wildman–Crippen LogP) is 3.32. The number of rotatable bonds is 2. The maximum atomic E-state index is 12.6. The van der Waals surface area contributed by atoms with Crippen molar-refractivity contribution in [2.24, 2.45) is 0 Å². The lowest BCUT2D eigenvalue weighted by molar-refractivity contribution is -0.118. The van der Waals surface area contributed by atoms with E-state index in [1.807, 2.05) is 17.9 Å². The number of pyridine rings is 1. The van der Waals surface area contributed by atoms with Gasteiger partial charge in [0.25, 0.3) is 0 Å². The molecule has 2 heterocycles. The number of aromatic nitrogens is 1. The Bertz CT molecular complexity index is 514. The van der Waals surface area contributed by atoms with Gasteiger partial charge in [0, 0.05) is 18.3 Å². The summed E-state index contributed by atoms with van der Waals surface area (Å²) in [5.74, 6) is 1.22. The fraction of sp³-hybridized carbons (Fsp3) is 0.625. The zero-order chi connectivity index (χ0) is 14.1. The first-order valence-electron chi connectivity index (χ1n) is 7.75. The average molecular weight is 310 g/mol. The van der Waals surface area contributed by atoms with E-state index in [1.54, 1.807) is 0 Å². The zero-order valence-corrected chi connectivity index (χ0v) is 13.7. The first-order chi connectivity index (χ1) is 9.70. The van der Waals surface area contributed by atoms with Gasteiger partial charge in [-0.15, -0.1) is 12.4 Å². The van der Waals surface area contributed by atoms with Gasteiger partial charge in [0.2, 0.25) is 5.91 Å². The van der Waals surface area contributed by atoms with E-state index in [0.717, 1.165) is 36.6 Å². The Morgan fingerprint density at radius 1 is 1.24 bits per heavy atom. The van der Waals surface area contributed by atoms with Crippen LogP contribution >= 0.6 is 12.4 Å². The van der Waals surface area contributed by atoms with Gasteiger partial charge in [-0.1, -0.05) is 19.3 Å². The van der Waals surface area contributed by atoms with Gasteiger partial charge < -0.3 is 9.80 Å². The summed E-state index contributed by atoms with van der Waals surface area (Å²) in [6.45, 7) is 5.39. The highest BCUT2D eigenvalue weighted by atomic mass is 35.5. The van der Waals surface area contributed by atoms with Crippen molar-refractivity contribution in [2.75, 3.05) is 22.9 Å². The first kappa shape index (κ1) is 16.1. The van der Waals surface area contributed by atoms with Crippen molar-refractivity contribution in [3.8, 4) is 0 Å². The summed E-state index contributed by atoms with van der Waals surface area (Å²) >= 11 is 0. The van der Waals surface area contributed by atoms with Gasteiger partial charge >= 0.3 is 0 Å². The summed E-state index contributed by atoms with van der Waals surface area (Å²) in [4.78, 5) is 21.4. The van der Waals surface area contributed by atoms with Crippen LogP contribution in [0, 0.1) is 6.92 Å². The third kappa shape index (κ3) is 3.00. The fourth-order valence-electron chi connectivity index (χ4n) is 3.41. The number of hydrogen-bond donors (Lipinski definition) is 0. The number of nitrogens with zero attached hydrogens (tertiary/aromatic N) is 3. The molecule has 0 saturated heterocycles. The molecule has 1 fully saturated rings. The summed E-state index contributed by atoms with van der Waals surface area (Å²) in [6.07, 6.45) is 6.04. The number of amides is 1. The summed E-state index contributed by atoms with van der Waals surface area (Å²) in [7, 11) is 0. The molecule has 1 aromatic rings. The third-order valence-electron chi connectivity index (χ3n) is 4.47. The molecule has 1 amide bonds. The number of aryl methyl sites for hydroxylation is 1. The molecule has 0 bridgehead atoms. The fourth-order valence-corrected chi connectivity index (χ4v) is 3.41. The molecule has 0 radical (unpaired) electrons. The van der Waals surface area contributed by atoms with Crippen LogP contribution in [0.5, 0.6) is 0 Å². The van der Waals surface area contributed by atoms with Crippen LogP contribution in [0.15, 0.2) is 12.1 Å². The lowest BCUT2D eigenvalue weighted by Crippen LogP contribution is -2.51. The number of anilines is 2. The van der Waals surface area contributed by atoms with Crippen LogP contribution < -0.4 is 9.80 Å². The normalized spacial score (nSPS) is 19.2. The Morgan fingerprint density at radius 2 is 1.95 bits per heavy atom. The van der Waals surface area contributed by atoms with Crippen molar-refractivity contribution in [3.05, 3.63) is 17.8 Å². The number of likely N-dealkylation sites (N-methyl/N-ethyl adjacent to an activating group) is 1. The summed E-state index contributed by atoms with van der Waals surface area (Å²) in [5, 5.41) is 0. The maximum Gasteiger partial charge on any atom is 0.246 e. The van der Waals surface area contributed by atoms with Gasteiger partial charge in [-0.05, 0) is 38.8 Å². The zero-order valence-electron chi connectivity index (χ0n) is 12.8. The molecule has 0 N–H and O–H groups in total. The van der Waals surface area contributed by atoms with E-state index >= 15 is 0 Å². The van der Waals surface area contributed by atoms with Crippen LogP contribution in [0.4, 0.5) is 11.5 Å². The molecule has 0 atom stereocenters. The SMILES string of the molecule is CCN1CC(=O)N(C2CCCCC2)c2ccc(C)nc21.Cl. The Hall–Kier alpha value is -1.29. The Labute approximate surface area is 132 Å². The first-order valence-corrected chi connectivity index (χ1v) is 7.75. The second-order valence-electron chi connectivity index (χ2n) is 5.87. The minimum atomic E-state index is 0. The third-order valence-corrected chi connectivity index (χ3v) is 4.47. The molecule has 2 aliphatic rings. The monoisotopic (exact) mass is 309 g/mol. The molecular weight excluding hydrogens is 286 g/mol. The van der Waals surface area contributed by atoms with Crippen molar-refractivity contribution in [3.63, 3.8) is 0 Å². The largest absolute Gasteiger partial charge is 0.346 e. The lowest BCUT2D eigenvalue weighted by Gasteiger charge is -2.41. The van der Waals surface area contributed by atoms with E-state index in [-0.39, 0.29) is 18.3 Å². The van der Waals surface area contributed by atoms with E-state index in [1.165, 1.54) is 19.3 Å². The van der Waals surface area contributed by atoms with Crippen molar-refractivity contribution < 1.29 is 4.79 Å². The molecular formula is C16H24ClN3O. The maximum absolute atomic E-state index is 12.6. The molecule has 0 spiro atoms. The average Bonchev–Trinajstić information content (AvgIpc) is 2.47. The second-order valence-corrected chi connectivity index (χ2v) is 5.87. The van der Waals surface area contributed by atoms with Crippen molar-refractivity contribution in [1.82, 2.24) is 4.98 Å². The van der Waals surface area contributed by atoms with Gasteiger partial charge in [-0.25, -0.2) is 4.98 Å². The van der Waals surface area contributed by atoms with Crippen LogP contribution in [0.2, 0.25) is 0 Å². The van der Waals surface area contributed by atoms with E-state index in [0.29, 0.717) is 12.6 Å². The number of hydrogen-bond acceptors (Lipinski definition) is 3. The molecule has 0 unspecified atom stereocenters. The van der Waals surface area contributed by atoms with Crippen LogP contribution in [0.1, 0.15) is 44.7 Å². The van der Waals surface area contributed by atoms with Crippen LogP contribution in [-0.4, -0.2) is 30.0 Å². The Morgan fingerprint density at radius 3 is 2.62 bits per heavy atom. The molecule has 1 aromatic heterocycles. The number of carbonyl (C=O) groups excluding carboxylic acids is 1. The lowest BCUT2D eigenvalue weighted by atomic mass is 9.93. The number of fused-ring (bicyclic) bond motifs is 1. The highest BCUT2D eigenvalue weighted by Crippen LogP contribution is 2.36. The topological polar surface area (TPSA) is 36.4 Å². The van der Waals surface area contributed by atoms with Crippen LogP contribution in [0.3, 0.4) is 0 Å². The van der Waals surface area contributed by atoms with Crippen molar-refractivity contribution in [1.29, 1.82) is 0 Å². The summed E-state index contributed by atoms with van der Waals surface area (Å²) in [6, 6.07) is 4.46. The van der Waals surface area contributed by atoms with E-state index in [9.17, 15) is 4.79 Å². The highest BCUT2D eigenvalue weighted by molar-refractivity contribution is 6.02. The Balaban J connectivity index is 0.00000161. The molecule has 1 aliphatic carbocycles. The quantitative estimate of drug-likeness (QED) is 0.841. The smallest absolute Gasteiger partial charge is 0.246 e. The van der Waals surface area contributed by atoms with Crippen LogP contribution in [0.25, 0.3) is 0 Å². The minimum absolute atomic E-state index is 0. The van der Waals surface area contributed by atoms with Crippen molar-refractivity contribution in [2.45, 2.75) is 52.0 Å². The Kier molecular flexibility index (Phi) is 5.09. The molecule has 0 aromatic carbocycles. The molecule has 21 heavy (non-hydrogen) atoms. The van der Waals surface area contributed by atoms with E-state index in [4.69, 9.17) is 0 Å². The predicted molar refractivity (Wildman–Crippen MR) is 88.5 cm³/mol. The molecule has 5 heteroatoms. The molecule has 4 nitrogen and oxygen atoms in total. The molecule has 1 saturated carbocycles. The summed E-state index contributed by atoms with van der Waals surface area (Å²) in [5.41, 5.74) is 2.03. The van der Waals surface area contributed by atoms with Crippen LogP contribution in [-0.2, 0) is 4.79 Å². The van der Waals surface area contributed by atoms with Gasteiger partial charge in [-0.3, -0.25) is 4.79 Å². The van der Waals surface area contributed by atoms with Gasteiger partial charge in [0.05, 0.1) is 12.2 Å². The standard InChI is InChI=1S/C16H23N3O.ClH/c1-3-18-11-15(20)19(13-7-5-4-6-8-13)14-10-9-12(2)17-16(14)18;/h9-10,13H,3-8,11H2,1-2H3;1H. The molecule has 1 aliphatic heterocycles. The van der Waals surface area contributed by atoms with E-state index in [2.05, 4.69) is 22.9 Å². The second kappa shape index (κ2) is 6.65. The van der Waals surface area contributed by atoms with Gasteiger partial charge in [0.15, 0.2) is 5.82 Å². The number of halogens is 1.